The average Bonchev–Trinajstić information content (AvgIpc) is 2.04. The Kier molecular flexibility index (Phi) is 1.91. The number of nitrogens with zero attached hydrogens (tertiary/aromatic N) is 1. The van der Waals surface area contributed by atoms with Gasteiger partial charge in [-0.2, -0.15) is 0 Å². The van der Waals surface area contributed by atoms with Crippen molar-refractivity contribution in [3.8, 4) is 0 Å². The molecule has 2 heteroatoms. The molecule has 0 aromatic heterocycles. The molecule has 2 nitrogen and oxygen atoms in total. The van der Waals surface area contributed by atoms with E-state index in [-0.39, 0.29) is 0 Å². The molecule has 1 saturated carbocycles. The largest absolute Gasteiger partial charge is 0.384 e. The molecule has 2 atom stereocenters. The lowest BCUT2D eigenvalue weighted by atomic mass is 9.79. The van der Waals surface area contributed by atoms with Gasteiger partial charge in [-0.15, -0.1) is 0 Å². The monoisotopic (exact) mass is 164 g/mol. The van der Waals surface area contributed by atoms with Crippen molar-refractivity contribution in [3.63, 3.8) is 0 Å². The van der Waals surface area contributed by atoms with Crippen LogP contribution in [0, 0.1) is 5.92 Å². The van der Waals surface area contributed by atoms with E-state index in [4.69, 9.17) is 5.73 Å². The molecule has 0 unspecified atom stereocenters. The number of aliphatic imine (C=N–C) groups is 1. The number of rotatable bonds is 0. The van der Waals surface area contributed by atoms with Crippen molar-refractivity contribution in [1.82, 2.24) is 0 Å². The zero-order valence-corrected chi connectivity index (χ0v) is 7.59. The van der Waals surface area contributed by atoms with Crippen LogP contribution < -0.4 is 5.73 Å². The standard InChI is InChI=1S/C10H16N2/c1-7-6-10(11)12-9-5-3-2-4-8(7)9/h6,8-9H,2-5H2,1H3,(H2,11,12)/t8-,9-/m1/s1. The minimum atomic E-state index is 0.503. The van der Waals surface area contributed by atoms with E-state index in [0.29, 0.717) is 12.0 Å². The fourth-order valence-electron chi connectivity index (χ4n) is 2.37. The molecule has 2 aliphatic rings. The molecule has 0 aromatic rings. The van der Waals surface area contributed by atoms with Gasteiger partial charge >= 0.3 is 0 Å². The number of amidine groups is 1. The van der Waals surface area contributed by atoms with Crippen LogP contribution in [0.3, 0.4) is 0 Å². The Hall–Kier alpha value is -0.790. The van der Waals surface area contributed by atoms with E-state index in [0.717, 1.165) is 5.84 Å². The summed E-state index contributed by atoms with van der Waals surface area (Å²) >= 11 is 0. The number of fused-ring (bicyclic) bond motifs is 1. The van der Waals surface area contributed by atoms with Crippen molar-refractivity contribution in [2.75, 3.05) is 0 Å². The van der Waals surface area contributed by atoms with Crippen molar-refractivity contribution < 1.29 is 0 Å². The Bertz CT molecular complexity index is 240. The Morgan fingerprint density at radius 2 is 2.17 bits per heavy atom. The fraction of sp³-hybridized carbons (Fsp3) is 0.700. The number of nitrogens with two attached hydrogens (primary N) is 1. The summed E-state index contributed by atoms with van der Waals surface area (Å²) in [6.45, 7) is 2.19. The molecule has 1 heterocycles. The van der Waals surface area contributed by atoms with Gasteiger partial charge in [0.05, 0.1) is 6.04 Å². The van der Waals surface area contributed by atoms with Gasteiger partial charge < -0.3 is 5.73 Å². The molecule has 66 valence electrons. The zero-order valence-electron chi connectivity index (χ0n) is 7.59. The second-order valence-electron chi connectivity index (χ2n) is 3.90. The molecule has 2 N–H and O–H groups in total. The maximum absolute atomic E-state index is 5.71. The Morgan fingerprint density at radius 1 is 1.42 bits per heavy atom. The van der Waals surface area contributed by atoms with Crippen LogP contribution in [0.5, 0.6) is 0 Å². The third kappa shape index (κ3) is 1.26. The van der Waals surface area contributed by atoms with Crippen LogP contribution in [-0.4, -0.2) is 11.9 Å². The zero-order chi connectivity index (χ0) is 8.55. The van der Waals surface area contributed by atoms with E-state index >= 15 is 0 Å². The number of hydrogen-bond donors (Lipinski definition) is 1. The molecular weight excluding hydrogens is 148 g/mol. The second kappa shape index (κ2) is 2.92. The van der Waals surface area contributed by atoms with E-state index in [2.05, 4.69) is 11.9 Å². The topological polar surface area (TPSA) is 38.4 Å². The van der Waals surface area contributed by atoms with Gasteiger partial charge in [-0.1, -0.05) is 18.4 Å². The molecule has 0 amide bonds. The third-order valence-electron chi connectivity index (χ3n) is 3.00. The fourth-order valence-corrected chi connectivity index (χ4v) is 2.37. The summed E-state index contributed by atoms with van der Waals surface area (Å²) in [7, 11) is 0. The van der Waals surface area contributed by atoms with Crippen molar-refractivity contribution in [1.29, 1.82) is 0 Å². The molecule has 1 aliphatic carbocycles. The van der Waals surface area contributed by atoms with Crippen LogP contribution >= 0.6 is 0 Å². The first kappa shape index (κ1) is 7.84. The number of hydrogen-bond acceptors (Lipinski definition) is 2. The highest BCUT2D eigenvalue weighted by molar-refractivity contribution is 5.93. The summed E-state index contributed by atoms with van der Waals surface area (Å²) in [6, 6.07) is 0.503. The van der Waals surface area contributed by atoms with Crippen LogP contribution in [0.2, 0.25) is 0 Å². The predicted octanol–water partition coefficient (Wildman–Crippen LogP) is 1.86. The Labute approximate surface area is 73.6 Å². The first-order valence-corrected chi connectivity index (χ1v) is 4.79. The molecule has 1 fully saturated rings. The van der Waals surface area contributed by atoms with E-state index < -0.39 is 0 Å². The quantitative estimate of drug-likeness (QED) is 0.583. The molecule has 12 heavy (non-hydrogen) atoms. The van der Waals surface area contributed by atoms with Gasteiger partial charge in [-0.25, -0.2) is 0 Å². The lowest BCUT2D eigenvalue weighted by molar-refractivity contribution is 0.346. The SMILES string of the molecule is CC1=CC(N)=N[C@@H]2CCCC[C@H]12. The van der Waals surface area contributed by atoms with Gasteiger partial charge in [-0.3, -0.25) is 4.99 Å². The van der Waals surface area contributed by atoms with Gasteiger partial charge in [0.15, 0.2) is 0 Å². The lowest BCUT2D eigenvalue weighted by Crippen LogP contribution is -2.30. The van der Waals surface area contributed by atoms with Gasteiger partial charge in [0, 0.05) is 5.92 Å². The van der Waals surface area contributed by atoms with Gasteiger partial charge in [0.2, 0.25) is 0 Å². The van der Waals surface area contributed by atoms with Crippen molar-refractivity contribution in [3.05, 3.63) is 11.6 Å². The predicted molar refractivity (Wildman–Crippen MR) is 51.1 cm³/mol. The molecule has 0 radical (unpaired) electrons. The van der Waals surface area contributed by atoms with E-state index in [1.54, 1.807) is 0 Å². The highest BCUT2D eigenvalue weighted by atomic mass is 14.9. The molecule has 0 spiro atoms. The minimum Gasteiger partial charge on any atom is -0.384 e. The van der Waals surface area contributed by atoms with Crippen LogP contribution in [-0.2, 0) is 0 Å². The third-order valence-corrected chi connectivity index (χ3v) is 3.00. The van der Waals surface area contributed by atoms with Gasteiger partial charge in [-0.05, 0) is 25.8 Å². The Morgan fingerprint density at radius 3 is 3.00 bits per heavy atom. The summed E-state index contributed by atoms with van der Waals surface area (Å²) in [4.78, 5) is 4.47. The van der Waals surface area contributed by atoms with E-state index in [9.17, 15) is 0 Å². The Balaban J connectivity index is 2.21. The van der Waals surface area contributed by atoms with Crippen LogP contribution in [0.4, 0.5) is 0 Å². The maximum atomic E-state index is 5.71. The molecule has 1 aliphatic heterocycles. The molecule has 0 bridgehead atoms. The number of dihydropyridines is 1. The first-order valence-electron chi connectivity index (χ1n) is 4.79. The van der Waals surface area contributed by atoms with Crippen molar-refractivity contribution in [2.24, 2.45) is 16.6 Å². The summed E-state index contributed by atoms with van der Waals surface area (Å²) in [5.41, 5.74) is 7.14. The summed E-state index contributed by atoms with van der Waals surface area (Å²) in [6.07, 6.45) is 7.26. The summed E-state index contributed by atoms with van der Waals surface area (Å²) in [5.74, 6) is 1.43. The van der Waals surface area contributed by atoms with E-state index in [1.807, 2.05) is 6.08 Å². The summed E-state index contributed by atoms with van der Waals surface area (Å²) in [5, 5.41) is 0. The molecule has 0 aromatic carbocycles. The van der Waals surface area contributed by atoms with Gasteiger partial charge in [0.25, 0.3) is 0 Å². The lowest BCUT2D eigenvalue weighted by Gasteiger charge is -2.32. The first-order chi connectivity index (χ1) is 5.77. The maximum Gasteiger partial charge on any atom is 0.118 e. The highest BCUT2D eigenvalue weighted by Gasteiger charge is 2.28. The summed E-state index contributed by atoms with van der Waals surface area (Å²) < 4.78 is 0. The smallest absolute Gasteiger partial charge is 0.118 e. The van der Waals surface area contributed by atoms with Gasteiger partial charge in [0.1, 0.15) is 5.84 Å². The van der Waals surface area contributed by atoms with E-state index in [1.165, 1.54) is 31.3 Å². The molecule has 0 saturated heterocycles. The van der Waals surface area contributed by atoms with Crippen LogP contribution in [0.1, 0.15) is 32.6 Å². The van der Waals surface area contributed by atoms with Crippen molar-refractivity contribution >= 4 is 5.84 Å². The normalized spacial score (nSPS) is 35.1. The van der Waals surface area contributed by atoms with Crippen LogP contribution in [0.25, 0.3) is 0 Å². The van der Waals surface area contributed by atoms with Crippen LogP contribution in [0.15, 0.2) is 16.6 Å². The molecular formula is C10H16N2. The second-order valence-corrected chi connectivity index (χ2v) is 3.90. The minimum absolute atomic E-state index is 0.503. The van der Waals surface area contributed by atoms with Crippen molar-refractivity contribution in [2.45, 2.75) is 38.6 Å². The molecule has 2 rings (SSSR count). The highest BCUT2D eigenvalue weighted by Crippen LogP contribution is 2.33. The average molecular weight is 164 g/mol.